The molecule has 1 aromatic heterocycles. The number of furan rings is 1. The Morgan fingerprint density at radius 3 is 1.60 bits per heavy atom. The topological polar surface area (TPSA) is 84.7 Å². The van der Waals surface area contributed by atoms with E-state index in [9.17, 15) is 16.8 Å². The lowest BCUT2D eigenvalue weighted by Gasteiger charge is -2.21. The van der Waals surface area contributed by atoms with Gasteiger partial charge in [-0.15, -0.1) is 3.71 Å². The first-order valence-corrected chi connectivity index (χ1v) is 12.0. The summed E-state index contributed by atoms with van der Waals surface area (Å²) < 4.78 is 60.0. The van der Waals surface area contributed by atoms with E-state index in [1.54, 1.807) is 48.5 Å². The van der Waals surface area contributed by atoms with Crippen LogP contribution < -0.4 is 3.71 Å². The second-order valence-electron chi connectivity index (χ2n) is 6.96. The Morgan fingerprint density at radius 2 is 1.13 bits per heavy atom. The smallest absolute Gasteiger partial charge is 0.280 e. The number of aryl methyl sites for hydroxylation is 2. The first kappa shape index (κ1) is 20.2. The van der Waals surface area contributed by atoms with Gasteiger partial charge in [-0.3, -0.25) is 0 Å². The Hall–Kier alpha value is -3.10. The molecular weight excluding hydrogens is 422 g/mol. The fourth-order valence-corrected chi connectivity index (χ4v) is 6.58. The van der Waals surface area contributed by atoms with E-state index >= 15 is 0 Å². The largest absolute Gasteiger partial charge is 0.438 e. The van der Waals surface area contributed by atoms with Crippen LogP contribution in [0.4, 0.5) is 5.88 Å². The van der Waals surface area contributed by atoms with Crippen LogP contribution in [-0.4, -0.2) is 16.8 Å². The molecule has 0 aliphatic rings. The van der Waals surface area contributed by atoms with Gasteiger partial charge in [0.15, 0.2) is 0 Å². The Bertz CT molecular complexity index is 1310. The zero-order chi connectivity index (χ0) is 21.5. The lowest BCUT2D eigenvalue weighted by atomic mass is 10.2. The van der Waals surface area contributed by atoms with Crippen molar-refractivity contribution in [2.75, 3.05) is 3.71 Å². The van der Waals surface area contributed by atoms with Gasteiger partial charge in [-0.05, 0) is 44.2 Å². The van der Waals surface area contributed by atoms with Gasteiger partial charge in [0, 0.05) is 11.5 Å². The van der Waals surface area contributed by atoms with E-state index in [4.69, 9.17) is 4.42 Å². The van der Waals surface area contributed by atoms with Crippen molar-refractivity contribution >= 4 is 36.9 Å². The summed E-state index contributed by atoms with van der Waals surface area (Å²) in [5.41, 5.74) is 2.09. The van der Waals surface area contributed by atoms with Crippen molar-refractivity contribution in [2.24, 2.45) is 0 Å². The molecular formula is C22H19NO5S2. The highest BCUT2D eigenvalue weighted by atomic mass is 32.3. The Balaban J connectivity index is 1.97. The van der Waals surface area contributed by atoms with Gasteiger partial charge in [0.05, 0.1) is 9.79 Å². The summed E-state index contributed by atoms with van der Waals surface area (Å²) in [5, 5.41) is 0.593. The summed E-state index contributed by atoms with van der Waals surface area (Å²) in [5.74, 6) is -0.294. The van der Waals surface area contributed by atoms with Crippen molar-refractivity contribution in [1.82, 2.24) is 0 Å². The van der Waals surface area contributed by atoms with Gasteiger partial charge in [-0.1, -0.05) is 53.6 Å². The minimum Gasteiger partial charge on any atom is -0.438 e. The van der Waals surface area contributed by atoms with Crippen molar-refractivity contribution in [3.8, 4) is 0 Å². The summed E-state index contributed by atoms with van der Waals surface area (Å²) in [6, 6.07) is 20.2. The van der Waals surface area contributed by atoms with Gasteiger partial charge in [-0.25, -0.2) is 0 Å². The van der Waals surface area contributed by atoms with Gasteiger partial charge >= 0.3 is 0 Å². The minimum atomic E-state index is -4.48. The molecule has 8 heteroatoms. The van der Waals surface area contributed by atoms with Crippen molar-refractivity contribution in [2.45, 2.75) is 23.6 Å². The first-order valence-electron chi connectivity index (χ1n) is 9.12. The standard InChI is InChI=1S/C22H19NO5S2/c1-16-7-11-19(12-8-16)29(24,25)23(22-15-18-5-3-4-6-21(18)28-22)30(26,27)20-13-9-17(2)10-14-20/h3-15H,1-2H3. The van der Waals surface area contributed by atoms with E-state index in [0.29, 0.717) is 14.7 Å². The van der Waals surface area contributed by atoms with Crippen molar-refractivity contribution in [3.05, 3.63) is 90.0 Å². The Kier molecular flexibility index (Phi) is 4.91. The number of fused-ring (bicyclic) bond motifs is 1. The number of hydrogen-bond donors (Lipinski definition) is 0. The first-order chi connectivity index (χ1) is 14.2. The molecule has 3 aromatic carbocycles. The van der Waals surface area contributed by atoms with E-state index < -0.39 is 20.0 Å². The molecule has 0 saturated carbocycles. The zero-order valence-electron chi connectivity index (χ0n) is 16.3. The number of hydrogen-bond acceptors (Lipinski definition) is 5. The van der Waals surface area contributed by atoms with Crippen LogP contribution in [0.1, 0.15) is 11.1 Å². The molecule has 6 nitrogen and oxygen atoms in total. The molecule has 0 bridgehead atoms. The molecule has 0 fully saturated rings. The number of sulfonamides is 2. The van der Waals surface area contributed by atoms with Crippen molar-refractivity contribution in [3.63, 3.8) is 0 Å². The molecule has 4 rings (SSSR count). The minimum absolute atomic E-state index is 0.149. The van der Waals surface area contributed by atoms with E-state index in [2.05, 4.69) is 0 Å². The van der Waals surface area contributed by atoms with Crippen molar-refractivity contribution < 1.29 is 21.3 Å². The van der Waals surface area contributed by atoms with Crippen LogP contribution in [0.3, 0.4) is 0 Å². The average molecular weight is 442 g/mol. The van der Waals surface area contributed by atoms with Crippen LogP contribution in [0.15, 0.2) is 93.1 Å². The lowest BCUT2D eigenvalue weighted by molar-refractivity contribution is 0.570. The van der Waals surface area contributed by atoms with E-state index in [0.717, 1.165) is 11.1 Å². The molecule has 0 spiro atoms. The molecule has 0 unspecified atom stereocenters. The highest BCUT2D eigenvalue weighted by molar-refractivity contribution is 8.10. The normalized spacial score (nSPS) is 12.2. The van der Waals surface area contributed by atoms with Gasteiger partial charge in [-0.2, -0.15) is 16.8 Å². The highest BCUT2D eigenvalue weighted by Gasteiger charge is 2.39. The van der Waals surface area contributed by atoms with Gasteiger partial charge < -0.3 is 4.42 Å². The van der Waals surface area contributed by atoms with Crippen LogP contribution in [0.5, 0.6) is 0 Å². The van der Waals surface area contributed by atoms with Crippen LogP contribution in [0, 0.1) is 13.8 Å². The molecule has 4 aromatic rings. The fourth-order valence-electron chi connectivity index (χ4n) is 3.04. The maximum absolute atomic E-state index is 13.5. The molecule has 0 aliphatic carbocycles. The van der Waals surface area contributed by atoms with Crippen LogP contribution in [-0.2, 0) is 20.0 Å². The maximum atomic E-state index is 13.5. The summed E-state index contributed by atoms with van der Waals surface area (Å²) >= 11 is 0. The molecule has 1 heterocycles. The lowest BCUT2D eigenvalue weighted by Crippen LogP contribution is -2.36. The number of anilines is 1. The number of rotatable bonds is 5. The number of benzene rings is 3. The average Bonchev–Trinajstić information content (AvgIpc) is 3.11. The second-order valence-corrected chi connectivity index (χ2v) is 10.8. The predicted molar refractivity (Wildman–Crippen MR) is 115 cm³/mol. The molecule has 0 N–H and O–H groups in total. The zero-order valence-corrected chi connectivity index (χ0v) is 17.9. The summed E-state index contributed by atoms with van der Waals surface area (Å²) in [6.07, 6.45) is 0. The molecule has 0 atom stereocenters. The maximum Gasteiger partial charge on any atom is 0.280 e. The summed E-state index contributed by atoms with van der Waals surface area (Å²) in [4.78, 5) is -0.298. The molecule has 0 aliphatic heterocycles. The summed E-state index contributed by atoms with van der Waals surface area (Å²) in [6.45, 7) is 3.63. The van der Waals surface area contributed by atoms with E-state index in [-0.39, 0.29) is 15.7 Å². The fraction of sp³-hybridized carbons (Fsp3) is 0.0909. The predicted octanol–water partition coefficient (Wildman–Crippen LogP) is 4.63. The quantitative estimate of drug-likeness (QED) is 0.451. The van der Waals surface area contributed by atoms with Gasteiger partial charge in [0.25, 0.3) is 20.0 Å². The summed E-state index contributed by atoms with van der Waals surface area (Å²) in [7, 11) is -8.97. The van der Waals surface area contributed by atoms with Crippen LogP contribution in [0.25, 0.3) is 11.0 Å². The third-order valence-electron chi connectivity index (χ3n) is 4.67. The Morgan fingerprint density at radius 1 is 0.667 bits per heavy atom. The van der Waals surface area contributed by atoms with Crippen LogP contribution in [0.2, 0.25) is 0 Å². The van der Waals surface area contributed by atoms with Gasteiger partial charge in [0.1, 0.15) is 5.58 Å². The highest BCUT2D eigenvalue weighted by Crippen LogP contribution is 2.35. The third-order valence-corrected chi connectivity index (χ3v) is 8.81. The Labute approximate surface area is 175 Å². The molecule has 0 amide bonds. The van der Waals surface area contributed by atoms with Gasteiger partial charge in [0.2, 0.25) is 5.88 Å². The molecule has 154 valence electrons. The van der Waals surface area contributed by atoms with E-state index in [1.807, 2.05) is 13.8 Å². The van der Waals surface area contributed by atoms with Crippen molar-refractivity contribution in [1.29, 1.82) is 0 Å². The SMILES string of the molecule is Cc1ccc(S(=O)(=O)N(c2cc3ccccc3o2)S(=O)(=O)c2ccc(C)cc2)cc1. The molecule has 30 heavy (non-hydrogen) atoms. The van der Waals surface area contributed by atoms with Crippen LogP contribution >= 0.6 is 0 Å². The second kappa shape index (κ2) is 7.30. The molecule has 0 saturated heterocycles. The molecule has 0 radical (unpaired) electrons. The number of nitrogens with zero attached hydrogens (tertiary/aromatic N) is 1. The van der Waals surface area contributed by atoms with E-state index in [1.165, 1.54) is 30.3 Å². The monoisotopic (exact) mass is 441 g/mol. The third kappa shape index (κ3) is 3.48. The number of para-hydroxylation sites is 1.